The molecule has 318 valence electrons. The fourth-order valence-corrected chi connectivity index (χ4v) is 9.80. The van der Waals surface area contributed by atoms with Gasteiger partial charge in [-0.25, -0.2) is 15.0 Å². The summed E-state index contributed by atoms with van der Waals surface area (Å²) < 4.78 is 9.05. The summed E-state index contributed by atoms with van der Waals surface area (Å²) in [4.78, 5) is 15.7. The summed E-state index contributed by atoms with van der Waals surface area (Å²) in [7, 11) is 0. The predicted molar refractivity (Wildman–Crippen MR) is 279 cm³/mol. The van der Waals surface area contributed by atoms with Crippen LogP contribution in [0.2, 0.25) is 0 Å². The molecule has 10 aromatic carbocycles. The van der Waals surface area contributed by atoms with Crippen LogP contribution < -0.4 is 0 Å². The van der Waals surface area contributed by atoms with Crippen LogP contribution in [-0.2, 0) is 0 Å². The molecule has 0 radical (unpaired) electrons. The van der Waals surface area contributed by atoms with E-state index in [0.29, 0.717) is 17.5 Å². The van der Waals surface area contributed by atoms with E-state index in [1.54, 1.807) is 0 Å². The monoisotopic (exact) mass is 868 g/mol. The summed E-state index contributed by atoms with van der Waals surface area (Å²) in [6.45, 7) is 0. The molecular weight excluding hydrogens is 829 g/mol. The lowest BCUT2D eigenvalue weighted by atomic mass is 9.88. The highest BCUT2D eigenvalue weighted by Crippen LogP contribution is 2.43. The lowest BCUT2D eigenvalue weighted by molar-refractivity contribution is 0.669. The minimum absolute atomic E-state index is 0.586. The molecule has 3 heterocycles. The van der Waals surface area contributed by atoms with Gasteiger partial charge in [-0.1, -0.05) is 188 Å². The van der Waals surface area contributed by atoms with Crippen molar-refractivity contribution in [1.29, 1.82) is 0 Å². The third-order valence-electron chi connectivity index (χ3n) is 13.1. The molecule has 13 aromatic rings. The largest absolute Gasteiger partial charge is 0.456 e. The number of aromatic nitrogens is 4. The van der Waals surface area contributed by atoms with E-state index in [-0.39, 0.29) is 0 Å². The van der Waals surface area contributed by atoms with Crippen LogP contribution >= 0.6 is 0 Å². The highest BCUT2D eigenvalue weighted by Gasteiger charge is 2.21. The molecule has 5 heteroatoms. The molecule has 0 aliphatic carbocycles. The van der Waals surface area contributed by atoms with Crippen LogP contribution in [0.1, 0.15) is 0 Å². The Hall–Kier alpha value is -9.19. The molecule has 0 saturated heterocycles. The van der Waals surface area contributed by atoms with Crippen molar-refractivity contribution < 1.29 is 4.42 Å². The molecule has 68 heavy (non-hydrogen) atoms. The molecule has 13 rings (SSSR count). The van der Waals surface area contributed by atoms with Gasteiger partial charge in [-0.05, 0) is 93.0 Å². The Kier molecular flexibility index (Phi) is 9.43. The van der Waals surface area contributed by atoms with Crippen LogP contribution in [-0.4, -0.2) is 19.5 Å². The van der Waals surface area contributed by atoms with Crippen molar-refractivity contribution in [3.05, 3.63) is 243 Å². The van der Waals surface area contributed by atoms with Crippen molar-refractivity contribution >= 4 is 43.7 Å². The number of hydrogen-bond acceptors (Lipinski definition) is 4. The average Bonchev–Trinajstić information content (AvgIpc) is 3.95. The Morgan fingerprint density at radius 1 is 0.265 bits per heavy atom. The Labute approximate surface area is 392 Å². The average molecular weight is 869 g/mol. The standard InChI is InChI=1S/C63H40N4O/c1-6-18-41(19-7-1)45-30-33-49(42-20-8-2-9-21-42)52(36-45)47-31-34-50(56(38-47)63-65-61(43-22-10-3-11-23-43)64-62(66-63)44-24-12-4-13-25-44)46-32-35-59-54(37-46)55-39-53-51-28-16-17-29-57(51)67(48-26-14-5-15-27-48)58(53)40-60(55)68-59/h1-40H. The van der Waals surface area contributed by atoms with Gasteiger partial charge in [-0.3, -0.25) is 0 Å². The molecule has 0 aliphatic rings. The second-order valence-electron chi connectivity index (χ2n) is 17.2. The number of benzene rings is 10. The van der Waals surface area contributed by atoms with Crippen LogP contribution in [0.3, 0.4) is 0 Å². The fraction of sp³-hybridized carbons (Fsp3) is 0. The Balaban J connectivity index is 1.05. The van der Waals surface area contributed by atoms with Crippen LogP contribution in [0, 0.1) is 0 Å². The third-order valence-corrected chi connectivity index (χ3v) is 13.1. The first-order valence-electron chi connectivity index (χ1n) is 22.9. The Morgan fingerprint density at radius 3 is 1.44 bits per heavy atom. The zero-order valence-electron chi connectivity index (χ0n) is 36.8. The van der Waals surface area contributed by atoms with Gasteiger partial charge in [0.05, 0.1) is 11.0 Å². The zero-order chi connectivity index (χ0) is 45.0. The highest BCUT2D eigenvalue weighted by molar-refractivity contribution is 6.18. The van der Waals surface area contributed by atoms with Gasteiger partial charge in [0, 0.05) is 50.0 Å². The summed E-state index contributed by atoms with van der Waals surface area (Å²) in [5.74, 6) is 1.80. The first-order chi connectivity index (χ1) is 33.7. The zero-order valence-corrected chi connectivity index (χ0v) is 36.8. The van der Waals surface area contributed by atoms with E-state index in [1.807, 2.05) is 36.4 Å². The Morgan fingerprint density at radius 2 is 0.765 bits per heavy atom. The molecule has 0 aliphatic heterocycles. The van der Waals surface area contributed by atoms with Gasteiger partial charge in [0.25, 0.3) is 0 Å². The van der Waals surface area contributed by atoms with E-state index in [1.165, 1.54) is 10.8 Å². The van der Waals surface area contributed by atoms with Crippen molar-refractivity contribution in [3.63, 3.8) is 0 Å². The molecule has 3 aromatic heterocycles. The van der Waals surface area contributed by atoms with Gasteiger partial charge in [-0.2, -0.15) is 0 Å². The molecule has 0 fully saturated rings. The van der Waals surface area contributed by atoms with Crippen LogP contribution in [0.25, 0.3) is 128 Å². The van der Waals surface area contributed by atoms with Gasteiger partial charge in [0.1, 0.15) is 11.2 Å². The number of rotatable bonds is 8. The maximum atomic E-state index is 6.72. The SMILES string of the molecule is c1ccc(-c2ccc(-c3ccccc3)c(-c3ccc(-c4ccc5oc6cc7c(cc6c5c4)c4ccccc4n7-c4ccccc4)c(-c4nc(-c5ccccc5)nc(-c5ccccc5)n4)c3)c2)cc1. The fourth-order valence-electron chi connectivity index (χ4n) is 9.80. The maximum Gasteiger partial charge on any atom is 0.164 e. The number of hydrogen-bond donors (Lipinski definition) is 0. The molecule has 0 N–H and O–H groups in total. The second kappa shape index (κ2) is 16.4. The van der Waals surface area contributed by atoms with Crippen molar-refractivity contribution in [1.82, 2.24) is 19.5 Å². The molecular formula is C63H40N4O. The summed E-state index contributed by atoms with van der Waals surface area (Å²) in [5, 5.41) is 4.47. The molecule has 0 saturated carbocycles. The maximum absolute atomic E-state index is 6.72. The number of furan rings is 1. The van der Waals surface area contributed by atoms with Crippen molar-refractivity contribution in [2.24, 2.45) is 0 Å². The van der Waals surface area contributed by atoms with E-state index in [4.69, 9.17) is 19.4 Å². The number of para-hydroxylation sites is 2. The summed E-state index contributed by atoms with van der Waals surface area (Å²) in [6, 6.07) is 85.3. The minimum atomic E-state index is 0.586. The molecule has 5 nitrogen and oxygen atoms in total. The van der Waals surface area contributed by atoms with E-state index in [0.717, 1.165) is 99.9 Å². The quantitative estimate of drug-likeness (QED) is 0.153. The lowest BCUT2D eigenvalue weighted by Gasteiger charge is -2.17. The first kappa shape index (κ1) is 39.2. The second-order valence-corrected chi connectivity index (χ2v) is 17.2. The summed E-state index contributed by atoms with van der Waals surface area (Å²) in [6.07, 6.45) is 0. The van der Waals surface area contributed by atoms with E-state index < -0.39 is 0 Å². The van der Waals surface area contributed by atoms with Crippen molar-refractivity contribution in [2.75, 3.05) is 0 Å². The third kappa shape index (κ3) is 6.84. The van der Waals surface area contributed by atoms with Gasteiger partial charge < -0.3 is 8.98 Å². The molecule has 0 unspecified atom stereocenters. The topological polar surface area (TPSA) is 56.7 Å². The van der Waals surface area contributed by atoms with Crippen molar-refractivity contribution in [3.8, 4) is 84.4 Å². The summed E-state index contributed by atoms with van der Waals surface area (Å²) in [5.41, 5.74) is 16.5. The van der Waals surface area contributed by atoms with Gasteiger partial charge in [0.15, 0.2) is 17.5 Å². The lowest BCUT2D eigenvalue weighted by Crippen LogP contribution is -2.01. The highest BCUT2D eigenvalue weighted by atomic mass is 16.3. The van der Waals surface area contributed by atoms with E-state index in [9.17, 15) is 0 Å². The number of fused-ring (bicyclic) bond motifs is 6. The summed E-state index contributed by atoms with van der Waals surface area (Å²) >= 11 is 0. The molecule has 0 atom stereocenters. The van der Waals surface area contributed by atoms with E-state index >= 15 is 0 Å². The Bertz CT molecular complexity index is 3940. The van der Waals surface area contributed by atoms with Gasteiger partial charge in [-0.15, -0.1) is 0 Å². The first-order valence-corrected chi connectivity index (χ1v) is 22.9. The molecule has 0 amide bonds. The van der Waals surface area contributed by atoms with Crippen LogP contribution in [0.4, 0.5) is 0 Å². The smallest absolute Gasteiger partial charge is 0.164 e. The molecule has 0 spiro atoms. The molecule has 0 bridgehead atoms. The van der Waals surface area contributed by atoms with Gasteiger partial charge >= 0.3 is 0 Å². The van der Waals surface area contributed by atoms with Crippen LogP contribution in [0.5, 0.6) is 0 Å². The van der Waals surface area contributed by atoms with E-state index in [2.05, 4.69) is 211 Å². The minimum Gasteiger partial charge on any atom is -0.456 e. The van der Waals surface area contributed by atoms with Crippen LogP contribution in [0.15, 0.2) is 247 Å². The normalized spacial score (nSPS) is 11.5. The van der Waals surface area contributed by atoms with Gasteiger partial charge in [0.2, 0.25) is 0 Å². The van der Waals surface area contributed by atoms with Crippen molar-refractivity contribution in [2.45, 2.75) is 0 Å². The predicted octanol–water partition coefficient (Wildman–Crippen LogP) is 16.5. The number of nitrogens with zero attached hydrogens (tertiary/aromatic N) is 4.